The number of ether oxygens (including phenoxy) is 1. The highest BCUT2D eigenvalue weighted by Crippen LogP contribution is 2.34. The number of nitrogens with zero attached hydrogens (tertiary/aromatic N) is 2. The number of hydrogen-bond acceptors (Lipinski definition) is 5. The Balaban J connectivity index is 1.06. The molecule has 1 N–H and O–H groups in total. The van der Waals surface area contributed by atoms with Gasteiger partial charge in [-0.05, 0) is 85.3 Å². The summed E-state index contributed by atoms with van der Waals surface area (Å²) in [6.45, 7) is 3.33. The van der Waals surface area contributed by atoms with Crippen molar-refractivity contribution in [2.45, 2.75) is 50.7 Å². The number of para-hydroxylation sites is 1. The van der Waals surface area contributed by atoms with E-state index < -0.39 is 6.04 Å². The van der Waals surface area contributed by atoms with Crippen molar-refractivity contribution in [3.63, 3.8) is 0 Å². The van der Waals surface area contributed by atoms with E-state index in [2.05, 4.69) is 34.5 Å². The number of carbonyl (C=O) groups excluding carboxylic acids is 3. The molecule has 2 saturated heterocycles. The Hall–Kier alpha value is -3.97. The molecular weight excluding hydrogens is 478 g/mol. The van der Waals surface area contributed by atoms with Crippen LogP contribution in [0.15, 0.2) is 72.8 Å². The molecule has 0 aromatic heterocycles. The number of hydrogen-bond donors (Lipinski definition) is 1. The molecule has 0 radical (unpaired) electrons. The maximum Gasteiger partial charge on any atom is 0.255 e. The van der Waals surface area contributed by atoms with Crippen molar-refractivity contribution in [1.29, 1.82) is 0 Å². The minimum absolute atomic E-state index is 0.116. The first-order valence-electron chi connectivity index (χ1n) is 13.4. The average molecular weight is 510 g/mol. The van der Waals surface area contributed by atoms with Crippen molar-refractivity contribution >= 4 is 17.7 Å². The Bertz CT molecular complexity index is 1360. The summed E-state index contributed by atoms with van der Waals surface area (Å²) in [5.41, 5.74) is 4.16. The van der Waals surface area contributed by atoms with Crippen LogP contribution < -0.4 is 10.1 Å². The van der Waals surface area contributed by atoms with Gasteiger partial charge in [-0.15, -0.1) is 0 Å². The van der Waals surface area contributed by atoms with Gasteiger partial charge in [0.2, 0.25) is 11.8 Å². The fraction of sp³-hybridized carbons (Fsp3) is 0.323. The summed E-state index contributed by atoms with van der Waals surface area (Å²) >= 11 is 0. The van der Waals surface area contributed by atoms with Gasteiger partial charge in [0.05, 0.1) is 0 Å². The minimum atomic E-state index is -0.573. The van der Waals surface area contributed by atoms with Gasteiger partial charge in [0, 0.05) is 25.1 Å². The SMILES string of the molecule is O=C1CCC(N2Cc3cc(C4CCN(Cc5cccc(Oc6ccccc6)c5)CC4)ccc3C2=O)C(=O)N1. The summed E-state index contributed by atoms with van der Waals surface area (Å²) < 4.78 is 6.00. The number of piperidine rings is 2. The van der Waals surface area contributed by atoms with Gasteiger partial charge in [0.25, 0.3) is 5.91 Å². The largest absolute Gasteiger partial charge is 0.457 e. The van der Waals surface area contributed by atoms with E-state index in [-0.39, 0.29) is 24.1 Å². The molecule has 7 nitrogen and oxygen atoms in total. The van der Waals surface area contributed by atoms with Gasteiger partial charge in [0.1, 0.15) is 17.5 Å². The number of rotatable bonds is 6. The van der Waals surface area contributed by atoms with E-state index in [0.29, 0.717) is 24.4 Å². The van der Waals surface area contributed by atoms with Crippen LogP contribution >= 0.6 is 0 Å². The number of amides is 3. The summed E-state index contributed by atoms with van der Waals surface area (Å²) in [6, 6.07) is 23.7. The van der Waals surface area contributed by atoms with Gasteiger partial charge >= 0.3 is 0 Å². The molecule has 0 saturated carbocycles. The van der Waals surface area contributed by atoms with Gasteiger partial charge in [-0.1, -0.05) is 42.5 Å². The number of nitrogens with one attached hydrogen (secondary N) is 1. The quantitative estimate of drug-likeness (QED) is 0.491. The lowest BCUT2D eigenvalue weighted by Gasteiger charge is -2.32. The van der Waals surface area contributed by atoms with Crippen molar-refractivity contribution in [3.05, 3.63) is 95.1 Å². The molecule has 0 spiro atoms. The number of benzene rings is 3. The number of likely N-dealkylation sites (tertiary alicyclic amines) is 1. The first-order chi connectivity index (χ1) is 18.5. The van der Waals surface area contributed by atoms with E-state index in [1.165, 1.54) is 11.1 Å². The van der Waals surface area contributed by atoms with Gasteiger partial charge < -0.3 is 9.64 Å². The molecule has 3 aromatic carbocycles. The van der Waals surface area contributed by atoms with Crippen LogP contribution in [0.5, 0.6) is 11.5 Å². The van der Waals surface area contributed by atoms with Crippen LogP contribution in [0.3, 0.4) is 0 Å². The third-order valence-electron chi connectivity index (χ3n) is 7.89. The summed E-state index contributed by atoms with van der Waals surface area (Å²) in [4.78, 5) is 40.9. The van der Waals surface area contributed by atoms with E-state index in [1.807, 2.05) is 48.5 Å². The zero-order valence-corrected chi connectivity index (χ0v) is 21.3. The van der Waals surface area contributed by atoms with E-state index in [0.717, 1.165) is 49.5 Å². The Morgan fingerprint density at radius 1 is 0.842 bits per heavy atom. The zero-order chi connectivity index (χ0) is 26.1. The Labute approximate surface area is 222 Å². The molecule has 3 heterocycles. The molecule has 0 aliphatic carbocycles. The lowest BCUT2D eigenvalue weighted by molar-refractivity contribution is -0.136. The first-order valence-corrected chi connectivity index (χ1v) is 13.4. The van der Waals surface area contributed by atoms with Crippen LogP contribution in [0.2, 0.25) is 0 Å². The smallest absolute Gasteiger partial charge is 0.255 e. The normalized spacial score (nSPS) is 20.4. The van der Waals surface area contributed by atoms with Crippen LogP contribution in [0.4, 0.5) is 0 Å². The predicted molar refractivity (Wildman–Crippen MR) is 143 cm³/mol. The monoisotopic (exact) mass is 509 g/mol. The van der Waals surface area contributed by atoms with Gasteiger partial charge in [0.15, 0.2) is 0 Å². The highest BCUT2D eigenvalue weighted by Gasteiger charge is 2.39. The van der Waals surface area contributed by atoms with Crippen molar-refractivity contribution < 1.29 is 19.1 Å². The maximum absolute atomic E-state index is 13.0. The molecule has 1 atom stereocenters. The lowest BCUT2D eigenvalue weighted by Crippen LogP contribution is -2.52. The molecule has 7 heteroatoms. The molecule has 3 aliphatic heterocycles. The zero-order valence-electron chi connectivity index (χ0n) is 21.3. The summed E-state index contributed by atoms with van der Waals surface area (Å²) in [5, 5.41) is 2.37. The highest BCUT2D eigenvalue weighted by molar-refractivity contribution is 6.05. The Morgan fingerprint density at radius 2 is 1.63 bits per heavy atom. The number of fused-ring (bicyclic) bond motifs is 1. The van der Waals surface area contributed by atoms with Crippen LogP contribution in [0.25, 0.3) is 0 Å². The molecular formula is C31H31N3O4. The standard InChI is InChI=1S/C31H31N3O4/c35-29-12-11-28(30(36)32-29)34-20-24-18-23(9-10-27(24)31(34)37)22-13-15-33(16-14-22)19-21-5-4-8-26(17-21)38-25-6-2-1-3-7-25/h1-10,17-18,22,28H,11-16,19-20H2,(H,32,35,36). The first kappa shape index (κ1) is 24.4. The predicted octanol–water partition coefficient (Wildman–Crippen LogP) is 4.62. The van der Waals surface area contributed by atoms with Gasteiger partial charge in [-0.2, -0.15) is 0 Å². The average Bonchev–Trinajstić information content (AvgIpc) is 3.25. The molecule has 2 fully saturated rings. The third kappa shape index (κ3) is 5.07. The van der Waals surface area contributed by atoms with E-state index in [4.69, 9.17) is 4.74 Å². The van der Waals surface area contributed by atoms with E-state index >= 15 is 0 Å². The second-order valence-corrected chi connectivity index (χ2v) is 10.4. The number of imide groups is 1. The molecule has 194 valence electrons. The second kappa shape index (κ2) is 10.4. The number of carbonyl (C=O) groups is 3. The van der Waals surface area contributed by atoms with Crippen LogP contribution in [-0.2, 0) is 22.7 Å². The van der Waals surface area contributed by atoms with Crippen molar-refractivity contribution in [2.24, 2.45) is 0 Å². The Morgan fingerprint density at radius 3 is 2.42 bits per heavy atom. The van der Waals surface area contributed by atoms with Crippen molar-refractivity contribution in [3.8, 4) is 11.5 Å². The van der Waals surface area contributed by atoms with Crippen LogP contribution in [-0.4, -0.2) is 46.7 Å². The van der Waals surface area contributed by atoms with Gasteiger partial charge in [-0.3, -0.25) is 24.6 Å². The summed E-state index contributed by atoms with van der Waals surface area (Å²) in [7, 11) is 0. The van der Waals surface area contributed by atoms with E-state index in [1.54, 1.807) is 4.90 Å². The molecule has 3 aromatic rings. The van der Waals surface area contributed by atoms with Gasteiger partial charge in [-0.25, -0.2) is 0 Å². The topological polar surface area (TPSA) is 79.0 Å². The van der Waals surface area contributed by atoms with E-state index in [9.17, 15) is 14.4 Å². The fourth-order valence-corrected chi connectivity index (χ4v) is 5.86. The third-order valence-corrected chi connectivity index (χ3v) is 7.89. The second-order valence-electron chi connectivity index (χ2n) is 10.4. The van der Waals surface area contributed by atoms with Crippen LogP contribution in [0, 0.1) is 0 Å². The van der Waals surface area contributed by atoms with Crippen molar-refractivity contribution in [1.82, 2.24) is 15.1 Å². The Kier molecular flexibility index (Phi) is 6.68. The highest BCUT2D eigenvalue weighted by atomic mass is 16.5. The summed E-state index contributed by atoms with van der Waals surface area (Å²) in [6.07, 6.45) is 2.77. The molecule has 1 unspecified atom stereocenters. The molecule has 0 bridgehead atoms. The minimum Gasteiger partial charge on any atom is -0.457 e. The maximum atomic E-state index is 13.0. The molecule has 3 amide bonds. The molecule has 3 aliphatic rings. The van der Waals surface area contributed by atoms with Crippen LogP contribution in [0.1, 0.15) is 58.6 Å². The lowest BCUT2D eigenvalue weighted by atomic mass is 9.87. The fourth-order valence-electron chi connectivity index (χ4n) is 5.86. The van der Waals surface area contributed by atoms with Crippen molar-refractivity contribution in [2.75, 3.05) is 13.1 Å². The summed E-state index contributed by atoms with van der Waals surface area (Å²) in [5.74, 6) is 1.38. The molecule has 38 heavy (non-hydrogen) atoms. The molecule has 6 rings (SSSR count).